The number of aromatic amines is 2. The lowest BCUT2D eigenvalue weighted by molar-refractivity contribution is 0.114. The Morgan fingerprint density at radius 1 is 1.60 bits per heavy atom. The van der Waals surface area contributed by atoms with Gasteiger partial charge in [0.2, 0.25) is 0 Å². The van der Waals surface area contributed by atoms with Gasteiger partial charge in [-0.25, -0.2) is 9.89 Å². The van der Waals surface area contributed by atoms with Crippen LogP contribution in [0.1, 0.15) is 18.7 Å². The van der Waals surface area contributed by atoms with E-state index in [1.165, 1.54) is 0 Å². The first kappa shape index (κ1) is 10.4. The fraction of sp³-hybridized carbons (Fsp3) is 0.778. The Kier molecular flexibility index (Phi) is 3.17. The highest BCUT2D eigenvalue weighted by molar-refractivity contribution is 4.83. The molecule has 1 atom stereocenters. The smallest absolute Gasteiger partial charge is 0.340 e. The monoisotopic (exact) mass is 212 g/mol. The third-order valence-electron chi connectivity index (χ3n) is 2.78. The number of aromatic nitrogens is 3. The fourth-order valence-electron chi connectivity index (χ4n) is 2.04. The lowest BCUT2D eigenvalue weighted by Crippen LogP contribution is -2.36. The molecule has 0 spiro atoms. The average Bonchev–Trinajstić information content (AvgIpc) is 2.64. The molecule has 2 rings (SSSR count). The van der Waals surface area contributed by atoms with Crippen LogP contribution in [0, 0.1) is 5.92 Å². The van der Waals surface area contributed by atoms with Gasteiger partial charge in [-0.3, -0.25) is 9.88 Å². The summed E-state index contributed by atoms with van der Waals surface area (Å²) in [7, 11) is 0. The summed E-state index contributed by atoms with van der Waals surface area (Å²) in [4.78, 5) is 15.7. The first-order chi connectivity index (χ1) is 7.28. The molecule has 0 amide bonds. The third kappa shape index (κ3) is 2.66. The number of hydrogen-bond acceptors (Lipinski definition) is 4. The van der Waals surface area contributed by atoms with Crippen LogP contribution in [-0.4, -0.2) is 44.9 Å². The molecule has 15 heavy (non-hydrogen) atoms. The van der Waals surface area contributed by atoms with E-state index in [0.717, 1.165) is 25.9 Å². The second kappa shape index (κ2) is 4.59. The zero-order chi connectivity index (χ0) is 10.7. The second-order valence-electron chi connectivity index (χ2n) is 4.05. The molecule has 0 radical (unpaired) electrons. The predicted octanol–water partition coefficient (Wildman–Crippen LogP) is -0.698. The molecule has 0 saturated carbocycles. The molecular weight excluding hydrogens is 196 g/mol. The molecule has 1 fully saturated rings. The van der Waals surface area contributed by atoms with Crippen LogP contribution in [0.15, 0.2) is 4.79 Å². The van der Waals surface area contributed by atoms with Gasteiger partial charge >= 0.3 is 5.69 Å². The van der Waals surface area contributed by atoms with Crippen LogP contribution < -0.4 is 5.69 Å². The minimum absolute atomic E-state index is 0.244. The van der Waals surface area contributed by atoms with Crippen molar-refractivity contribution in [2.75, 3.05) is 19.7 Å². The molecule has 3 N–H and O–H groups in total. The maximum absolute atomic E-state index is 10.8. The molecule has 1 aromatic heterocycles. The van der Waals surface area contributed by atoms with E-state index in [0.29, 0.717) is 18.3 Å². The van der Waals surface area contributed by atoms with Crippen molar-refractivity contribution >= 4 is 0 Å². The van der Waals surface area contributed by atoms with E-state index in [2.05, 4.69) is 20.1 Å². The Balaban J connectivity index is 1.91. The molecule has 6 nitrogen and oxygen atoms in total. The predicted molar refractivity (Wildman–Crippen MR) is 54.3 cm³/mol. The van der Waals surface area contributed by atoms with E-state index in [4.69, 9.17) is 5.11 Å². The molecule has 0 aliphatic carbocycles. The molecule has 6 heteroatoms. The topological polar surface area (TPSA) is 85.0 Å². The van der Waals surface area contributed by atoms with Crippen molar-refractivity contribution in [3.8, 4) is 0 Å². The lowest BCUT2D eigenvalue weighted by atomic mass is 9.99. The van der Waals surface area contributed by atoms with Gasteiger partial charge in [0.1, 0.15) is 5.82 Å². The average molecular weight is 212 g/mol. The van der Waals surface area contributed by atoms with Crippen molar-refractivity contribution in [3.05, 3.63) is 16.3 Å². The second-order valence-corrected chi connectivity index (χ2v) is 4.05. The Hall–Kier alpha value is -1.14. The van der Waals surface area contributed by atoms with E-state index >= 15 is 0 Å². The molecule has 0 aromatic carbocycles. The summed E-state index contributed by atoms with van der Waals surface area (Å²) < 4.78 is 0. The number of piperidine rings is 1. The number of H-pyrrole nitrogens is 2. The van der Waals surface area contributed by atoms with Crippen LogP contribution in [0.25, 0.3) is 0 Å². The molecule has 0 bridgehead atoms. The molecule has 1 aliphatic heterocycles. The molecule has 2 heterocycles. The minimum atomic E-state index is -0.263. The maximum atomic E-state index is 10.8. The number of aliphatic hydroxyl groups excluding tert-OH is 1. The summed E-state index contributed by atoms with van der Waals surface area (Å²) in [6, 6.07) is 0. The summed E-state index contributed by atoms with van der Waals surface area (Å²) in [5.74, 6) is 1.03. The highest BCUT2D eigenvalue weighted by Crippen LogP contribution is 2.16. The molecule has 1 aromatic rings. The van der Waals surface area contributed by atoms with Gasteiger partial charge in [-0.15, -0.1) is 0 Å². The zero-order valence-corrected chi connectivity index (χ0v) is 8.57. The van der Waals surface area contributed by atoms with E-state index in [-0.39, 0.29) is 12.3 Å². The van der Waals surface area contributed by atoms with E-state index < -0.39 is 0 Å². The molecule has 1 saturated heterocycles. The summed E-state index contributed by atoms with van der Waals surface area (Å²) in [6.45, 7) is 2.78. The van der Waals surface area contributed by atoms with Crippen LogP contribution >= 0.6 is 0 Å². The number of likely N-dealkylation sites (tertiary alicyclic amines) is 1. The maximum Gasteiger partial charge on any atom is 0.340 e. The highest BCUT2D eigenvalue weighted by atomic mass is 16.3. The van der Waals surface area contributed by atoms with Gasteiger partial charge in [0.15, 0.2) is 0 Å². The van der Waals surface area contributed by atoms with E-state index in [1.54, 1.807) is 0 Å². The van der Waals surface area contributed by atoms with Crippen LogP contribution in [0.4, 0.5) is 0 Å². The van der Waals surface area contributed by atoms with E-state index in [1.807, 2.05) is 0 Å². The molecular formula is C9H16N4O2. The minimum Gasteiger partial charge on any atom is -0.396 e. The molecule has 1 unspecified atom stereocenters. The van der Waals surface area contributed by atoms with Crippen molar-refractivity contribution in [2.45, 2.75) is 19.4 Å². The van der Waals surface area contributed by atoms with Gasteiger partial charge in [-0.05, 0) is 25.3 Å². The number of hydrogen-bond donors (Lipinski definition) is 3. The summed E-state index contributed by atoms with van der Waals surface area (Å²) in [5.41, 5.74) is -0.263. The number of nitrogens with zero attached hydrogens (tertiary/aromatic N) is 2. The number of aliphatic hydroxyl groups is 1. The van der Waals surface area contributed by atoms with Crippen LogP contribution in [0.3, 0.4) is 0 Å². The largest absolute Gasteiger partial charge is 0.396 e. The van der Waals surface area contributed by atoms with Crippen molar-refractivity contribution in [1.82, 2.24) is 20.1 Å². The Bertz CT molecular complexity index is 359. The van der Waals surface area contributed by atoms with Crippen molar-refractivity contribution < 1.29 is 5.11 Å². The Morgan fingerprint density at radius 3 is 3.13 bits per heavy atom. The third-order valence-corrected chi connectivity index (χ3v) is 2.78. The lowest BCUT2D eigenvalue weighted by Gasteiger charge is -2.30. The van der Waals surface area contributed by atoms with Crippen LogP contribution in [-0.2, 0) is 6.54 Å². The molecule has 1 aliphatic rings. The van der Waals surface area contributed by atoms with Crippen molar-refractivity contribution in [2.24, 2.45) is 5.92 Å². The highest BCUT2D eigenvalue weighted by Gasteiger charge is 2.19. The SMILES string of the molecule is O=c1[nH]nc(CN2CCCC(CO)C2)[nH]1. The van der Waals surface area contributed by atoms with Crippen molar-refractivity contribution in [1.29, 1.82) is 0 Å². The van der Waals surface area contributed by atoms with Crippen LogP contribution in [0.5, 0.6) is 0 Å². The number of nitrogens with one attached hydrogen (secondary N) is 2. The number of rotatable bonds is 3. The first-order valence-electron chi connectivity index (χ1n) is 5.24. The summed E-state index contributed by atoms with van der Waals surface area (Å²) in [6.07, 6.45) is 2.18. The standard InChI is InChI=1S/C9H16N4O2/c14-6-7-2-1-3-13(4-7)5-8-10-9(15)12-11-8/h7,14H,1-6H2,(H2,10,11,12,15). The van der Waals surface area contributed by atoms with Gasteiger partial charge in [-0.2, -0.15) is 5.10 Å². The van der Waals surface area contributed by atoms with Gasteiger partial charge in [0.05, 0.1) is 6.54 Å². The quantitative estimate of drug-likeness (QED) is 0.618. The fourth-order valence-corrected chi connectivity index (χ4v) is 2.04. The van der Waals surface area contributed by atoms with Gasteiger partial charge < -0.3 is 5.11 Å². The first-order valence-corrected chi connectivity index (χ1v) is 5.24. The van der Waals surface area contributed by atoms with Crippen molar-refractivity contribution in [3.63, 3.8) is 0 Å². The Labute approximate surface area is 87.3 Å². The summed E-state index contributed by atoms with van der Waals surface area (Å²) in [5, 5.41) is 15.3. The Morgan fingerprint density at radius 2 is 2.47 bits per heavy atom. The summed E-state index contributed by atoms with van der Waals surface area (Å²) >= 11 is 0. The van der Waals surface area contributed by atoms with Gasteiger partial charge in [0, 0.05) is 13.2 Å². The normalized spacial score (nSPS) is 23.1. The zero-order valence-electron chi connectivity index (χ0n) is 8.57. The molecule has 84 valence electrons. The van der Waals surface area contributed by atoms with Gasteiger partial charge in [-0.1, -0.05) is 0 Å². The van der Waals surface area contributed by atoms with E-state index in [9.17, 15) is 4.79 Å². The van der Waals surface area contributed by atoms with Gasteiger partial charge in [0.25, 0.3) is 0 Å². The van der Waals surface area contributed by atoms with Crippen LogP contribution in [0.2, 0.25) is 0 Å².